The zero-order valence-corrected chi connectivity index (χ0v) is 20.3. The molecule has 2 aliphatic heterocycles. The number of nitrogens with zero attached hydrogens (tertiary/aromatic N) is 3. The van der Waals surface area contributed by atoms with Crippen LogP contribution in [0.15, 0.2) is 77.2 Å². The van der Waals surface area contributed by atoms with Crippen molar-refractivity contribution >= 4 is 28.3 Å². The van der Waals surface area contributed by atoms with Crippen LogP contribution in [0.1, 0.15) is 39.2 Å². The van der Waals surface area contributed by atoms with Crippen LogP contribution in [0, 0.1) is 0 Å². The largest absolute Gasteiger partial charge is 0.282 e. The van der Waals surface area contributed by atoms with Crippen molar-refractivity contribution in [1.29, 1.82) is 0 Å². The number of aromatic nitrogens is 1. The van der Waals surface area contributed by atoms with E-state index in [4.69, 9.17) is 0 Å². The summed E-state index contributed by atoms with van der Waals surface area (Å²) in [6.45, 7) is 15.6. The Morgan fingerprint density at radius 3 is 2.77 bits per heavy atom. The molecule has 1 fully saturated rings. The molecule has 31 heavy (non-hydrogen) atoms. The highest BCUT2D eigenvalue weighted by atomic mass is 32.3. The lowest BCUT2D eigenvalue weighted by molar-refractivity contribution is -0.657. The molecule has 0 radical (unpaired) electrons. The van der Waals surface area contributed by atoms with E-state index in [0.717, 1.165) is 25.1 Å². The number of pyridine rings is 1. The van der Waals surface area contributed by atoms with Gasteiger partial charge in [-0.1, -0.05) is 37.8 Å². The molecule has 1 aromatic rings. The fraction of sp³-hybridized carbons (Fsp3) is 0.385. The van der Waals surface area contributed by atoms with Crippen LogP contribution >= 0.6 is 10.2 Å². The molecule has 1 aromatic heterocycles. The van der Waals surface area contributed by atoms with Gasteiger partial charge in [-0.15, -0.1) is 10.2 Å². The minimum atomic E-state index is -0.986. The molecule has 166 valence electrons. The molecule has 0 amide bonds. The van der Waals surface area contributed by atoms with Crippen LogP contribution in [0.2, 0.25) is 0 Å². The van der Waals surface area contributed by atoms with Gasteiger partial charge >= 0.3 is 0 Å². The van der Waals surface area contributed by atoms with Crippen molar-refractivity contribution in [2.45, 2.75) is 33.6 Å². The lowest BCUT2D eigenvalue weighted by atomic mass is 9.94. The van der Waals surface area contributed by atoms with Crippen LogP contribution in [0.25, 0.3) is 5.57 Å². The van der Waals surface area contributed by atoms with Crippen molar-refractivity contribution in [3.05, 3.63) is 77.7 Å². The first-order valence-electron chi connectivity index (χ1n) is 11.1. The topological polar surface area (TPSA) is 31.5 Å². The third-order valence-corrected chi connectivity index (χ3v) is 9.42. The van der Waals surface area contributed by atoms with E-state index in [0.29, 0.717) is 0 Å². The molecule has 0 bridgehead atoms. The quantitative estimate of drug-likeness (QED) is 0.167. The summed E-state index contributed by atoms with van der Waals surface area (Å²) in [5, 5.41) is 8.05. The average Bonchev–Trinajstić information content (AvgIpc) is 3.52. The standard InChI is InChI=1S/C26H36N4S/c1-7-9-10-12-21(3)20-31(17-18-31)30(27-5)22(4)23(8-2)19-24-14-15-28-26-25(24)13-11-16-29(26)6/h7,9-14,16H,3,5,8,15,17-20H2,1-2,4,6H3/p+1. The van der Waals surface area contributed by atoms with Crippen LogP contribution < -0.4 is 9.88 Å². The number of hydrogen-bond acceptors (Lipinski definition) is 3. The molecule has 3 rings (SSSR count). The van der Waals surface area contributed by atoms with E-state index in [9.17, 15) is 0 Å². The zero-order valence-electron chi connectivity index (χ0n) is 19.5. The third kappa shape index (κ3) is 5.21. The highest BCUT2D eigenvalue weighted by Crippen LogP contribution is 2.66. The van der Waals surface area contributed by atoms with Gasteiger partial charge < -0.3 is 0 Å². The van der Waals surface area contributed by atoms with Gasteiger partial charge in [0.15, 0.2) is 0 Å². The van der Waals surface area contributed by atoms with E-state index in [1.54, 1.807) is 0 Å². The van der Waals surface area contributed by atoms with E-state index < -0.39 is 10.2 Å². The predicted molar refractivity (Wildman–Crippen MR) is 138 cm³/mol. The minimum absolute atomic E-state index is 0.868. The highest BCUT2D eigenvalue weighted by Gasteiger charge is 2.43. The molecule has 0 aliphatic carbocycles. The molecule has 5 heteroatoms. The molecule has 2 aliphatic rings. The Balaban J connectivity index is 1.84. The van der Waals surface area contributed by atoms with Crippen molar-refractivity contribution < 1.29 is 4.57 Å². The van der Waals surface area contributed by atoms with Crippen molar-refractivity contribution in [2.24, 2.45) is 12.1 Å². The first kappa shape index (κ1) is 23.1. The number of fused-ring (bicyclic) bond motifs is 1. The van der Waals surface area contributed by atoms with Crippen molar-refractivity contribution in [2.75, 3.05) is 29.1 Å². The van der Waals surface area contributed by atoms with Gasteiger partial charge in [0.1, 0.15) is 6.54 Å². The van der Waals surface area contributed by atoms with E-state index in [-0.39, 0.29) is 0 Å². The van der Waals surface area contributed by atoms with E-state index in [2.05, 4.69) is 96.2 Å². The SMILES string of the molecule is C=NN(C(C)=C(CC)CC1=CCNc2c1ccc[n+]2C)S1(CC(=C)C=CC=CC)CC1. The van der Waals surface area contributed by atoms with Crippen LogP contribution in [0.5, 0.6) is 0 Å². The van der Waals surface area contributed by atoms with Gasteiger partial charge in [-0.05, 0) is 61.6 Å². The van der Waals surface area contributed by atoms with Gasteiger partial charge in [0.2, 0.25) is 0 Å². The maximum absolute atomic E-state index is 4.54. The maximum Gasteiger partial charge on any atom is 0.282 e. The summed E-state index contributed by atoms with van der Waals surface area (Å²) >= 11 is 0. The number of rotatable bonds is 10. The molecule has 3 heterocycles. The van der Waals surface area contributed by atoms with Crippen LogP contribution in [-0.2, 0) is 7.05 Å². The maximum atomic E-state index is 4.54. The summed E-state index contributed by atoms with van der Waals surface area (Å²) in [5.41, 5.74) is 6.57. The van der Waals surface area contributed by atoms with Gasteiger partial charge in [-0.25, -0.2) is 8.98 Å². The second-order valence-electron chi connectivity index (χ2n) is 8.22. The number of anilines is 1. The zero-order chi connectivity index (χ0) is 22.4. The summed E-state index contributed by atoms with van der Waals surface area (Å²) in [5.74, 6) is 4.62. The van der Waals surface area contributed by atoms with Gasteiger partial charge in [-0.2, -0.15) is 5.10 Å². The van der Waals surface area contributed by atoms with Gasteiger partial charge in [0.25, 0.3) is 5.82 Å². The lowest BCUT2D eigenvalue weighted by Crippen LogP contribution is -2.34. The monoisotopic (exact) mass is 437 g/mol. The Bertz CT molecular complexity index is 964. The number of hydrazone groups is 1. The molecule has 1 saturated heterocycles. The highest BCUT2D eigenvalue weighted by molar-refractivity contribution is 8.37. The van der Waals surface area contributed by atoms with E-state index in [1.165, 1.54) is 45.3 Å². The van der Waals surface area contributed by atoms with Crippen molar-refractivity contribution in [3.63, 3.8) is 0 Å². The number of hydrogen-bond donors (Lipinski definition) is 1. The second-order valence-corrected chi connectivity index (χ2v) is 11.7. The number of allylic oxidation sites excluding steroid dienone is 7. The first-order chi connectivity index (χ1) is 15.0. The first-order valence-corrected chi connectivity index (χ1v) is 13.2. The van der Waals surface area contributed by atoms with Crippen molar-refractivity contribution in [3.8, 4) is 0 Å². The second kappa shape index (κ2) is 10.2. The smallest absolute Gasteiger partial charge is 0.270 e. The molecule has 0 spiro atoms. The van der Waals surface area contributed by atoms with Crippen molar-refractivity contribution in [1.82, 2.24) is 4.41 Å². The molecular weight excluding hydrogens is 400 g/mol. The van der Waals surface area contributed by atoms with Gasteiger partial charge in [0, 0.05) is 29.7 Å². The fourth-order valence-electron chi connectivity index (χ4n) is 4.20. The molecule has 0 unspecified atom stereocenters. The summed E-state index contributed by atoms with van der Waals surface area (Å²) < 4.78 is 4.44. The van der Waals surface area contributed by atoms with Crippen LogP contribution in [0.4, 0.5) is 5.82 Å². The van der Waals surface area contributed by atoms with Crippen LogP contribution in [-0.4, -0.2) is 34.9 Å². The molecule has 4 nitrogen and oxygen atoms in total. The number of nitrogens with one attached hydrogen (secondary N) is 1. The summed E-state index contributed by atoms with van der Waals surface area (Å²) in [6.07, 6.45) is 14.7. The summed E-state index contributed by atoms with van der Waals surface area (Å²) in [7, 11) is 1.11. The Labute approximate surface area is 189 Å². The summed E-state index contributed by atoms with van der Waals surface area (Å²) in [4.78, 5) is 0. The Kier molecular flexibility index (Phi) is 7.60. The summed E-state index contributed by atoms with van der Waals surface area (Å²) in [6, 6.07) is 4.34. The Morgan fingerprint density at radius 1 is 1.35 bits per heavy atom. The molecule has 1 N–H and O–H groups in total. The van der Waals surface area contributed by atoms with Crippen LogP contribution in [0.3, 0.4) is 0 Å². The molecule has 0 atom stereocenters. The predicted octanol–water partition coefficient (Wildman–Crippen LogP) is 5.73. The Hall–Kier alpha value is -2.53. The molecule has 0 aromatic carbocycles. The number of aryl methyl sites for hydroxylation is 1. The third-order valence-electron chi connectivity index (χ3n) is 6.03. The minimum Gasteiger partial charge on any atom is -0.270 e. The molecule has 0 saturated carbocycles. The van der Waals surface area contributed by atoms with Gasteiger partial charge in [-0.3, -0.25) is 5.32 Å². The fourth-order valence-corrected chi connectivity index (χ4v) is 7.47. The van der Waals surface area contributed by atoms with E-state index in [1.807, 2.05) is 13.0 Å². The molecular formula is C26H37N4S+. The Morgan fingerprint density at radius 2 is 2.13 bits per heavy atom. The van der Waals surface area contributed by atoms with E-state index >= 15 is 0 Å². The lowest BCUT2D eigenvalue weighted by Gasteiger charge is -2.35. The average molecular weight is 438 g/mol. The van der Waals surface area contributed by atoms with Gasteiger partial charge in [0.05, 0.1) is 18.8 Å². The normalized spacial score (nSPS) is 18.6.